The van der Waals surface area contributed by atoms with Gasteiger partial charge in [0.1, 0.15) is 5.69 Å². The number of rotatable bonds is 6. The van der Waals surface area contributed by atoms with Crippen LogP contribution in [0.15, 0.2) is 46.4 Å². The van der Waals surface area contributed by atoms with Crippen molar-refractivity contribution in [2.75, 3.05) is 31.7 Å². The minimum absolute atomic E-state index is 0.00447. The van der Waals surface area contributed by atoms with Gasteiger partial charge in [-0.1, -0.05) is 0 Å². The van der Waals surface area contributed by atoms with E-state index in [0.717, 1.165) is 6.07 Å². The van der Waals surface area contributed by atoms with Crippen LogP contribution in [0.2, 0.25) is 0 Å². The van der Waals surface area contributed by atoms with Gasteiger partial charge in [0.2, 0.25) is 10.0 Å². The zero-order valence-corrected chi connectivity index (χ0v) is 15.9. The number of nitro benzene ring substituents is 1. The van der Waals surface area contributed by atoms with Gasteiger partial charge in [-0.3, -0.25) is 15.5 Å². The van der Waals surface area contributed by atoms with Gasteiger partial charge in [0.25, 0.3) is 5.69 Å². The molecule has 0 aromatic heterocycles. The average Bonchev–Trinajstić information content (AvgIpc) is 2.71. The fourth-order valence-electron chi connectivity index (χ4n) is 2.65. The Labute approximate surface area is 166 Å². The molecule has 1 heterocycles. The van der Waals surface area contributed by atoms with Gasteiger partial charge in [-0.25, -0.2) is 8.42 Å². The molecular weight excluding hydrogens is 404 g/mol. The van der Waals surface area contributed by atoms with Crippen molar-refractivity contribution in [2.24, 2.45) is 5.10 Å². The smallest absolute Gasteiger partial charge is 0.295 e. The molecule has 2 aromatic rings. The van der Waals surface area contributed by atoms with E-state index in [4.69, 9.17) is 4.74 Å². The molecule has 1 aliphatic heterocycles. The monoisotopic (exact) mass is 422 g/mol. The molecule has 0 spiro atoms. The van der Waals surface area contributed by atoms with Gasteiger partial charge in [0.05, 0.1) is 29.2 Å². The van der Waals surface area contributed by atoms with E-state index in [-0.39, 0.29) is 48.4 Å². The predicted octanol–water partition coefficient (Wildman–Crippen LogP) is 1.47. The number of nitro groups is 1. The SMILES string of the molecule is O=[N+]([O-])c1cc(S(=O)(=O)N2CCOCC2)ccc1N/N=C\c1ccc(O)c(O)c1. The number of anilines is 1. The quantitative estimate of drug-likeness (QED) is 0.274. The first-order valence-corrected chi connectivity index (χ1v) is 9.90. The summed E-state index contributed by atoms with van der Waals surface area (Å²) in [5, 5.41) is 34.0. The van der Waals surface area contributed by atoms with Crippen LogP contribution in [0, 0.1) is 10.1 Å². The lowest BCUT2D eigenvalue weighted by Gasteiger charge is -2.26. The maximum absolute atomic E-state index is 12.7. The first-order valence-electron chi connectivity index (χ1n) is 8.46. The Hall–Kier alpha value is -3.22. The molecule has 0 amide bonds. The minimum atomic E-state index is -3.88. The van der Waals surface area contributed by atoms with Crippen molar-refractivity contribution >= 4 is 27.6 Å². The van der Waals surface area contributed by atoms with Gasteiger partial charge in [0, 0.05) is 19.2 Å². The number of sulfonamides is 1. The van der Waals surface area contributed by atoms with E-state index in [9.17, 15) is 28.7 Å². The first kappa shape index (κ1) is 20.5. The number of benzene rings is 2. The van der Waals surface area contributed by atoms with Crippen molar-refractivity contribution in [1.29, 1.82) is 0 Å². The van der Waals surface area contributed by atoms with Crippen LogP contribution >= 0.6 is 0 Å². The van der Waals surface area contributed by atoms with E-state index in [0.29, 0.717) is 5.56 Å². The third-order valence-corrected chi connectivity index (χ3v) is 6.07. The maximum atomic E-state index is 12.7. The molecule has 0 radical (unpaired) electrons. The Kier molecular flexibility index (Phi) is 5.96. The third-order valence-electron chi connectivity index (χ3n) is 4.17. The lowest BCUT2D eigenvalue weighted by Crippen LogP contribution is -2.40. The van der Waals surface area contributed by atoms with Crippen LogP contribution in [0.1, 0.15) is 5.56 Å². The molecule has 0 bridgehead atoms. The summed E-state index contributed by atoms with van der Waals surface area (Å²) < 4.78 is 31.7. The second kappa shape index (κ2) is 8.43. The minimum Gasteiger partial charge on any atom is -0.504 e. The normalized spacial score (nSPS) is 15.4. The van der Waals surface area contributed by atoms with Gasteiger partial charge in [-0.05, 0) is 35.9 Å². The number of phenols is 2. The first-order chi connectivity index (χ1) is 13.8. The highest BCUT2D eigenvalue weighted by atomic mass is 32.2. The molecule has 154 valence electrons. The number of nitrogens with one attached hydrogen (secondary N) is 1. The van der Waals surface area contributed by atoms with E-state index in [1.807, 2.05) is 0 Å². The second-order valence-corrected chi connectivity index (χ2v) is 8.01. The number of morpholine rings is 1. The second-order valence-electron chi connectivity index (χ2n) is 6.07. The number of ether oxygens (including phenoxy) is 1. The van der Waals surface area contributed by atoms with E-state index in [1.165, 1.54) is 40.9 Å². The van der Waals surface area contributed by atoms with E-state index in [1.54, 1.807) is 0 Å². The fourth-order valence-corrected chi connectivity index (χ4v) is 4.08. The summed E-state index contributed by atoms with van der Waals surface area (Å²) in [5.41, 5.74) is 2.46. The Bertz CT molecular complexity index is 1050. The van der Waals surface area contributed by atoms with Crippen molar-refractivity contribution in [3.8, 4) is 11.5 Å². The van der Waals surface area contributed by atoms with Gasteiger partial charge < -0.3 is 14.9 Å². The number of hydrogen-bond acceptors (Lipinski definition) is 9. The van der Waals surface area contributed by atoms with Gasteiger partial charge in [0.15, 0.2) is 11.5 Å². The van der Waals surface area contributed by atoms with Gasteiger partial charge in [-0.15, -0.1) is 0 Å². The Morgan fingerprint density at radius 3 is 2.52 bits per heavy atom. The molecule has 1 aliphatic rings. The number of nitrogens with zero attached hydrogens (tertiary/aromatic N) is 3. The Morgan fingerprint density at radius 2 is 1.86 bits per heavy atom. The van der Waals surface area contributed by atoms with Crippen molar-refractivity contribution in [3.63, 3.8) is 0 Å². The summed E-state index contributed by atoms with van der Waals surface area (Å²) in [6.07, 6.45) is 1.28. The summed E-state index contributed by atoms with van der Waals surface area (Å²) in [6.45, 7) is 0.894. The van der Waals surface area contributed by atoms with Crippen LogP contribution < -0.4 is 5.43 Å². The largest absolute Gasteiger partial charge is 0.504 e. The van der Waals surface area contributed by atoms with E-state index < -0.39 is 20.6 Å². The molecule has 3 N–H and O–H groups in total. The molecule has 1 fully saturated rings. The molecule has 0 unspecified atom stereocenters. The summed E-state index contributed by atoms with van der Waals surface area (Å²) in [5.74, 6) is -0.625. The summed E-state index contributed by atoms with van der Waals surface area (Å²) in [6, 6.07) is 7.51. The summed E-state index contributed by atoms with van der Waals surface area (Å²) in [4.78, 5) is 10.5. The zero-order valence-electron chi connectivity index (χ0n) is 15.1. The van der Waals surface area contributed by atoms with Gasteiger partial charge in [-0.2, -0.15) is 9.41 Å². The highest BCUT2D eigenvalue weighted by Crippen LogP contribution is 2.29. The Morgan fingerprint density at radius 1 is 1.14 bits per heavy atom. The van der Waals surface area contributed by atoms with Crippen LogP contribution in [0.5, 0.6) is 11.5 Å². The number of hydrogen-bond donors (Lipinski definition) is 3. The lowest BCUT2D eigenvalue weighted by molar-refractivity contribution is -0.384. The van der Waals surface area contributed by atoms with Crippen molar-refractivity contribution in [1.82, 2.24) is 4.31 Å². The Balaban J connectivity index is 1.83. The highest BCUT2D eigenvalue weighted by molar-refractivity contribution is 7.89. The number of aromatic hydroxyl groups is 2. The van der Waals surface area contributed by atoms with Crippen LogP contribution in [0.3, 0.4) is 0 Å². The zero-order chi connectivity index (χ0) is 21.0. The number of phenolic OH excluding ortho intramolecular Hbond substituents is 2. The average molecular weight is 422 g/mol. The molecule has 3 rings (SSSR count). The molecule has 1 saturated heterocycles. The van der Waals surface area contributed by atoms with Crippen molar-refractivity contribution in [2.45, 2.75) is 4.90 Å². The van der Waals surface area contributed by atoms with Crippen LogP contribution in [0.25, 0.3) is 0 Å². The fraction of sp³-hybridized carbons (Fsp3) is 0.235. The predicted molar refractivity (Wildman–Crippen MR) is 104 cm³/mol. The summed E-state index contributed by atoms with van der Waals surface area (Å²) >= 11 is 0. The molecule has 12 heteroatoms. The molecule has 29 heavy (non-hydrogen) atoms. The van der Waals surface area contributed by atoms with Gasteiger partial charge >= 0.3 is 0 Å². The van der Waals surface area contributed by atoms with E-state index in [2.05, 4.69) is 10.5 Å². The third kappa shape index (κ3) is 4.62. The molecule has 11 nitrogen and oxygen atoms in total. The van der Waals surface area contributed by atoms with Crippen molar-refractivity contribution < 1.29 is 28.3 Å². The molecular formula is C17H18N4O7S. The molecule has 0 saturated carbocycles. The highest BCUT2D eigenvalue weighted by Gasteiger charge is 2.28. The summed E-state index contributed by atoms with van der Waals surface area (Å²) in [7, 11) is -3.88. The van der Waals surface area contributed by atoms with E-state index >= 15 is 0 Å². The molecule has 0 atom stereocenters. The van der Waals surface area contributed by atoms with Crippen molar-refractivity contribution in [3.05, 3.63) is 52.1 Å². The van der Waals surface area contributed by atoms with Crippen LogP contribution in [0.4, 0.5) is 11.4 Å². The lowest BCUT2D eigenvalue weighted by atomic mass is 10.2. The topological polar surface area (TPSA) is 155 Å². The van der Waals surface area contributed by atoms with Crippen LogP contribution in [-0.2, 0) is 14.8 Å². The molecule has 0 aliphatic carbocycles. The maximum Gasteiger partial charge on any atom is 0.295 e. The standard InChI is InChI=1S/C17H18N4O7S/c22-16-4-1-12(9-17(16)23)11-18-19-14-3-2-13(10-15(14)21(24)25)29(26,27)20-5-7-28-8-6-20/h1-4,9-11,19,22-23H,5-8H2/b18-11-. The molecule has 2 aromatic carbocycles. The number of hydrazone groups is 1. The van der Waals surface area contributed by atoms with Crippen LogP contribution in [-0.4, -0.2) is 60.4 Å².